The first kappa shape index (κ1) is 24.5. The first-order valence-corrected chi connectivity index (χ1v) is 9.94. The molecule has 0 spiro atoms. The van der Waals surface area contributed by atoms with Gasteiger partial charge >= 0.3 is 0 Å². The zero-order chi connectivity index (χ0) is 22.4. The highest BCUT2D eigenvalue weighted by Crippen LogP contribution is 2.30. The highest BCUT2D eigenvalue weighted by molar-refractivity contribution is 5.46. The molecule has 0 aliphatic heterocycles. The fourth-order valence-corrected chi connectivity index (χ4v) is 2.79. The molecular formula is C23H32F2N4. The van der Waals surface area contributed by atoms with Crippen LogP contribution in [0.4, 0.5) is 14.6 Å². The standard InChI is InChI=1S/C21H26F2N4.C2H6/c1-13(2)16-9-7-14(11-24)18(25-16)21(5,6)27-17-10-8-15(23)19(26-17)20(3,4)12-22;1-2/h7-10,13H,12H2,1-6H3,(H,26,27);1-2H3. The van der Waals surface area contributed by atoms with Crippen LogP contribution in [0, 0.1) is 17.1 Å². The molecule has 0 atom stereocenters. The summed E-state index contributed by atoms with van der Waals surface area (Å²) in [5.41, 5.74) is 0.231. The van der Waals surface area contributed by atoms with E-state index >= 15 is 0 Å². The van der Waals surface area contributed by atoms with E-state index in [-0.39, 0.29) is 11.6 Å². The predicted molar refractivity (Wildman–Crippen MR) is 114 cm³/mol. The summed E-state index contributed by atoms with van der Waals surface area (Å²) in [7, 11) is 0. The first-order valence-electron chi connectivity index (χ1n) is 9.94. The van der Waals surface area contributed by atoms with Crippen molar-refractivity contribution in [1.29, 1.82) is 5.26 Å². The lowest BCUT2D eigenvalue weighted by Crippen LogP contribution is -2.32. The van der Waals surface area contributed by atoms with E-state index in [1.54, 1.807) is 19.9 Å². The fraction of sp³-hybridized carbons (Fsp3) is 0.522. The normalized spacial score (nSPS) is 11.5. The summed E-state index contributed by atoms with van der Waals surface area (Å²) in [6.45, 7) is 14.3. The van der Waals surface area contributed by atoms with Crippen LogP contribution in [0.3, 0.4) is 0 Å². The number of halogens is 2. The monoisotopic (exact) mass is 402 g/mol. The molecule has 2 heterocycles. The van der Waals surface area contributed by atoms with E-state index in [0.29, 0.717) is 17.1 Å². The van der Waals surface area contributed by atoms with Crippen molar-refractivity contribution < 1.29 is 8.78 Å². The quantitative estimate of drug-likeness (QED) is 0.622. The summed E-state index contributed by atoms with van der Waals surface area (Å²) in [6, 6.07) is 8.57. The number of rotatable bonds is 6. The molecule has 2 aromatic rings. The number of aromatic nitrogens is 2. The van der Waals surface area contributed by atoms with Crippen LogP contribution in [0.25, 0.3) is 0 Å². The van der Waals surface area contributed by atoms with E-state index in [0.717, 1.165) is 5.69 Å². The Morgan fingerprint density at radius 3 is 2.17 bits per heavy atom. The number of nitrogens with one attached hydrogen (secondary N) is 1. The lowest BCUT2D eigenvalue weighted by molar-refractivity contribution is 0.333. The molecule has 0 aliphatic rings. The number of nitriles is 1. The van der Waals surface area contributed by atoms with E-state index in [4.69, 9.17) is 0 Å². The van der Waals surface area contributed by atoms with E-state index in [1.807, 2.05) is 47.6 Å². The van der Waals surface area contributed by atoms with Crippen LogP contribution in [0.15, 0.2) is 24.3 Å². The molecule has 0 radical (unpaired) electrons. The van der Waals surface area contributed by atoms with Gasteiger partial charge in [0.15, 0.2) is 0 Å². The van der Waals surface area contributed by atoms with Crippen molar-refractivity contribution >= 4 is 5.82 Å². The molecule has 0 aliphatic carbocycles. The third-order valence-electron chi connectivity index (χ3n) is 4.48. The minimum Gasteiger partial charge on any atom is -0.359 e. The van der Waals surface area contributed by atoms with E-state index < -0.39 is 23.4 Å². The topological polar surface area (TPSA) is 61.6 Å². The molecule has 2 rings (SSSR count). The highest BCUT2D eigenvalue weighted by atomic mass is 19.1. The molecule has 0 unspecified atom stereocenters. The predicted octanol–water partition coefficient (Wildman–Crippen LogP) is 6.23. The van der Waals surface area contributed by atoms with Crippen molar-refractivity contribution in [3.05, 3.63) is 52.7 Å². The molecule has 1 N–H and O–H groups in total. The molecule has 0 saturated heterocycles. The summed E-state index contributed by atoms with van der Waals surface area (Å²) < 4.78 is 27.5. The lowest BCUT2D eigenvalue weighted by Gasteiger charge is -2.29. The Morgan fingerprint density at radius 1 is 1.03 bits per heavy atom. The Labute approximate surface area is 173 Å². The van der Waals surface area contributed by atoms with Crippen molar-refractivity contribution in [2.24, 2.45) is 0 Å². The SMILES string of the molecule is CC.CC(C)c1ccc(C#N)c(C(C)(C)Nc2ccc(F)c(C(C)(C)CF)n2)n1. The van der Waals surface area contributed by atoms with Crippen molar-refractivity contribution in [2.45, 2.75) is 72.3 Å². The maximum Gasteiger partial charge on any atom is 0.145 e. The average Bonchev–Trinajstić information content (AvgIpc) is 2.70. The third kappa shape index (κ3) is 5.72. The third-order valence-corrected chi connectivity index (χ3v) is 4.48. The molecule has 0 bridgehead atoms. The van der Waals surface area contributed by atoms with Gasteiger partial charge < -0.3 is 5.32 Å². The van der Waals surface area contributed by atoms with Crippen LogP contribution in [0.5, 0.6) is 0 Å². The van der Waals surface area contributed by atoms with Crippen molar-refractivity contribution in [1.82, 2.24) is 9.97 Å². The summed E-state index contributed by atoms with van der Waals surface area (Å²) in [5.74, 6) is 0.0745. The van der Waals surface area contributed by atoms with Gasteiger partial charge in [0.25, 0.3) is 0 Å². The number of hydrogen-bond acceptors (Lipinski definition) is 4. The van der Waals surface area contributed by atoms with Gasteiger partial charge in [0.05, 0.1) is 22.5 Å². The second-order valence-electron chi connectivity index (χ2n) is 8.19. The van der Waals surface area contributed by atoms with Crippen molar-refractivity contribution in [3.8, 4) is 6.07 Å². The maximum atomic E-state index is 14.2. The van der Waals surface area contributed by atoms with E-state index in [9.17, 15) is 14.0 Å². The molecule has 0 fully saturated rings. The van der Waals surface area contributed by atoms with Crippen LogP contribution in [-0.2, 0) is 11.0 Å². The molecule has 158 valence electrons. The minimum atomic E-state index is -1.03. The zero-order valence-electron chi connectivity index (χ0n) is 18.7. The number of hydrogen-bond donors (Lipinski definition) is 1. The average molecular weight is 403 g/mol. The van der Waals surface area contributed by atoms with Gasteiger partial charge in [-0.2, -0.15) is 5.26 Å². The zero-order valence-corrected chi connectivity index (χ0v) is 18.7. The van der Waals surface area contributed by atoms with Gasteiger partial charge in [0.1, 0.15) is 24.4 Å². The van der Waals surface area contributed by atoms with Crippen molar-refractivity contribution in [2.75, 3.05) is 12.0 Å². The molecule has 29 heavy (non-hydrogen) atoms. The fourth-order valence-electron chi connectivity index (χ4n) is 2.79. The second kappa shape index (κ2) is 9.78. The van der Waals surface area contributed by atoms with Gasteiger partial charge in [-0.25, -0.2) is 9.37 Å². The number of anilines is 1. The number of alkyl halides is 1. The molecule has 4 nitrogen and oxygen atoms in total. The van der Waals surface area contributed by atoms with Gasteiger partial charge in [-0.15, -0.1) is 0 Å². The maximum absolute atomic E-state index is 14.2. The van der Waals surface area contributed by atoms with E-state index in [1.165, 1.54) is 12.1 Å². The molecule has 6 heteroatoms. The summed E-state index contributed by atoms with van der Waals surface area (Å²) >= 11 is 0. The largest absolute Gasteiger partial charge is 0.359 e. The molecule has 0 saturated carbocycles. The Bertz CT molecular complexity index is 868. The Hall–Kier alpha value is -2.55. The summed E-state index contributed by atoms with van der Waals surface area (Å²) in [4.78, 5) is 8.97. The van der Waals surface area contributed by atoms with Gasteiger partial charge in [-0.05, 0) is 44.0 Å². The summed E-state index contributed by atoms with van der Waals surface area (Å²) in [6.07, 6.45) is 0. The van der Waals surface area contributed by atoms with Gasteiger partial charge in [0.2, 0.25) is 0 Å². The molecular weight excluding hydrogens is 370 g/mol. The van der Waals surface area contributed by atoms with Crippen LogP contribution in [0.2, 0.25) is 0 Å². The van der Waals surface area contributed by atoms with Gasteiger partial charge in [-0.1, -0.05) is 41.5 Å². The summed E-state index contributed by atoms with van der Waals surface area (Å²) in [5, 5.41) is 12.7. The smallest absolute Gasteiger partial charge is 0.145 e. The minimum absolute atomic E-state index is 0.0650. The van der Waals surface area contributed by atoms with E-state index in [2.05, 4.69) is 21.4 Å². The van der Waals surface area contributed by atoms with Crippen LogP contribution < -0.4 is 5.32 Å². The lowest BCUT2D eigenvalue weighted by atomic mass is 9.90. The number of nitrogens with zero attached hydrogens (tertiary/aromatic N) is 3. The Morgan fingerprint density at radius 2 is 1.66 bits per heavy atom. The van der Waals surface area contributed by atoms with Crippen LogP contribution in [0.1, 0.15) is 84.0 Å². The highest BCUT2D eigenvalue weighted by Gasteiger charge is 2.30. The number of pyridine rings is 2. The molecule has 2 aromatic heterocycles. The first-order chi connectivity index (χ1) is 13.5. The Kier molecular flexibility index (Phi) is 8.25. The molecule has 0 aromatic carbocycles. The van der Waals surface area contributed by atoms with Crippen LogP contribution >= 0.6 is 0 Å². The second-order valence-corrected chi connectivity index (χ2v) is 8.19. The molecule has 0 amide bonds. The Balaban J connectivity index is 0.00000204. The van der Waals surface area contributed by atoms with Gasteiger partial charge in [-0.3, -0.25) is 9.37 Å². The van der Waals surface area contributed by atoms with Gasteiger partial charge in [0, 0.05) is 11.1 Å². The van der Waals surface area contributed by atoms with Crippen LogP contribution in [-0.4, -0.2) is 16.6 Å². The van der Waals surface area contributed by atoms with Crippen molar-refractivity contribution in [3.63, 3.8) is 0 Å².